The van der Waals surface area contributed by atoms with Crippen molar-refractivity contribution in [3.8, 4) is 6.07 Å². The van der Waals surface area contributed by atoms with Gasteiger partial charge in [0.05, 0.1) is 34.0 Å². The zero-order chi connectivity index (χ0) is 26.4. The first kappa shape index (κ1) is 24.8. The number of fused-ring (bicyclic) bond motifs is 1. The minimum atomic E-state index is -4.02. The number of hydrogen-bond donors (Lipinski definition) is 5. The standard InChI is InChI=1S/C25H23N5O5S2/c1-15(16-10-11-19(17(12-16)14-26)23-13-24(31)29-37(23,34)35)18-6-2-5-9-22(18)36(32,33)30-25-27-20-7-3-4-8-21(20)28-25/h2-12,15,23,34-35H,13H2,1H3,(H,29,31)(H2,27,28,30). The average molecular weight is 538 g/mol. The van der Waals surface area contributed by atoms with E-state index in [0.717, 1.165) is 0 Å². The molecule has 0 radical (unpaired) electrons. The summed E-state index contributed by atoms with van der Waals surface area (Å²) >= 11 is 0. The van der Waals surface area contributed by atoms with E-state index < -0.39 is 37.9 Å². The molecule has 4 aromatic rings. The van der Waals surface area contributed by atoms with E-state index in [1.54, 1.807) is 48.5 Å². The Balaban J connectivity index is 1.48. The summed E-state index contributed by atoms with van der Waals surface area (Å²) in [4.78, 5) is 19.1. The van der Waals surface area contributed by atoms with E-state index in [-0.39, 0.29) is 22.8 Å². The Morgan fingerprint density at radius 1 is 1.14 bits per heavy atom. The van der Waals surface area contributed by atoms with E-state index in [1.807, 2.05) is 19.1 Å². The number of nitriles is 1. The summed E-state index contributed by atoms with van der Waals surface area (Å²) in [6.07, 6.45) is -0.138. The molecule has 1 aromatic heterocycles. The van der Waals surface area contributed by atoms with Crippen LogP contribution in [0.5, 0.6) is 0 Å². The van der Waals surface area contributed by atoms with E-state index in [0.29, 0.717) is 27.7 Å². The molecule has 37 heavy (non-hydrogen) atoms. The van der Waals surface area contributed by atoms with Gasteiger partial charge in [-0.1, -0.05) is 49.4 Å². The number of benzene rings is 3. The molecule has 0 aliphatic carbocycles. The molecule has 2 atom stereocenters. The number of sulfonamides is 1. The summed E-state index contributed by atoms with van der Waals surface area (Å²) in [7, 11) is -7.44. The molecule has 12 heteroatoms. The van der Waals surface area contributed by atoms with Gasteiger partial charge in [0.15, 0.2) is 0 Å². The lowest BCUT2D eigenvalue weighted by Crippen LogP contribution is -2.18. The average Bonchev–Trinajstić information content (AvgIpc) is 3.40. The maximum atomic E-state index is 13.4. The molecular formula is C25H23N5O5S2. The van der Waals surface area contributed by atoms with E-state index in [2.05, 4.69) is 25.5 Å². The predicted molar refractivity (Wildman–Crippen MR) is 140 cm³/mol. The van der Waals surface area contributed by atoms with Crippen molar-refractivity contribution in [1.82, 2.24) is 14.7 Å². The zero-order valence-electron chi connectivity index (χ0n) is 19.5. The van der Waals surface area contributed by atoms with E-state index in [9.17, 15) is 27.6 Å². The summed E-state index contributed by atoms with van der Waals surface area (Å²) in [5.74, 6) is -0.839. The maximum absolute atomic E-state index is 13.4. The third-order valence-corrected chi connectivity index (χ3v) is 9.53. The van der Waals surface area contributed by atoms with Gasteiger partial charge in [-0.3, -0.25) is 18.6 Å². The van der Waals surface area contributed by atoms with Crippen LogP contribution in [0.2, 0.25) is 0 Å². The number of H-pyrrole nitrogens is 1. The van der Waals surface area contributed by atoms with Crippen LogP contribution in [0.4, 0.5) is 5.95 Å². The number of para-hydroxylation sites is 2. The maximum Gasteiger partial charge on any atom is 0.264 e. The molecule has 3 aromatic carbocycles. The number of hydrogen-bond acceptors (Lipinski definition) is 7. The Morgan fingerprint density at radius 3 is 2.57 bits per heavy atom. The van der Waals surface area contributed by atoms with Crippen molar-refractivity contribution in [2.75, 3.05) is 4.72 Å². The smallest absolute Gasteiger partial charge is 0.264 e. The van der Waals surface area contributed by atoms with Gasteiger partial charge < -0.3 is 4.98 Å². The van der Waals surface area contributed by atoms with Crippen molar-refractivity contribution in [2.24, 2.45) is 0 Å². The highest BCUT2D eigenvalue weighted by Crippen LogP contribution is 2.56. The fourth-order valence-corrected chi connectivity index (χ4v) is 7.30. The van der Waals surface area contributed by atoms with Gasteiger partial charge in [0, 0.05) is 5.92 Å². The van der Waals surface area contributed by atoms with Crippen molar-refractivity contribution in [2.45, 2.75) is 29.4 Å². The Morgan fingerprint density at radius 2 is 1.86 bits per heavy atom. The number of nitrogens with zero attached hydrogens (tertiary/aromatic N) is 2. The second kappa shape index (κ2) is 9.20. The summed E-state index contributed by atoms with van der Waals surface area (Å²) in [5, 5.41) is 8.84. The number of carbonyl (C=O) groups excluding carboxylic acids is 1. The van der Waals surface area contributed by atoms with Crippen LogP contribution in [0.15, 0.2) is 71.6 Å². The number of imidazole rings is 1. The Labute approximate surface area is 214 Å². The molecule has 0 bridgehead atoms. The lowest BCUT2D eigenvalue weighted by Gasteiger charge is -2.33. The first-order valence-electron chi connectivity index (χ1n) is 11.3. The van der Waals surface area contributed by atoms with Gasteiger partial charge in [0.25, 0.3) is 10.0 Å². The van der Waals surface area contributed by atoms with Gasteiger partial charge in [-0.05, 0) is 41.0 Å². The molecule has 0 spiro atoms. The number of amides is 1. The Hall–Kier alpha value is -3.89. The van der Waals surface area contributed by atoms with Crippen LogP contribution < -0.4 is 9.44 Å². The van der Waals surface area contributed by atoms with Crippen molar-refractivity contribution >= 4 is 43.7 Å². The topological polar surface area (TPSA) is 168 Å². The zero-order valence-corrected chi connectivity index (χ0v) is 21.2. The Bertz CT molecular complexity index is 1640. The minimum absolute atomic E-state index is 0.0605. The third-order valence-electron chi connectivity index (χ3n) is 6.37. The SMILES string of the molecule is CC(c1ccc(C2CC(=O)NS2(O)O)c(C#N)c1)c1ccccc1S(=O)(=O)Nc1nc2ccccc2[nH]1. The molecule has 2 heterocycles. The first-order chi connectivity index (χ1) is 17.6. The van der Waals surface area contributed by atoms with Gasteiger partial charge in [-0.15, -0.1) is 10.8 Å². The van der Waals surface area contributed by atoms with Crippen molar-refractivity contribution < 1.29 is 22.3 Å². The quantitative estimate of drug-likeness (QED) is 0.239. The molecular weight excluding hydrogens is 514 g/mol. The summed E-state index contributed by atoms with van der Waals surface area (Å²) in [5.41, 5.74) is 3.02. The molecule has 1 saturated heterocycles. The molecule has 1 aliphatic heterocycles. The molecule has 5 rings (SSSR count). The van der Waals surface area contributed by atoms with Crippen LogP contribution in [-0.2, 0) is 14.8 Å². The summed E-state index contributed by atoms with van der Waals surface area (Å²) in [6, 6.07) is 20.7. The monoisotopic (exact) mass is 537 g/mol. The first-order valence-corrected chi connectivity index (χ1v) is 14.4. The molecule has 1 amide bonds. The van der Waals surface area contributed by atoms with E-state index in [4.69, 9.17) is 0 Å². The highest BCUT2D eigenvalue weighted by molar-refractivity contribution is 8.23. The van der Waals surface area contributed by atoms with Crippen LogP contribution in [0.3, 0.4) is 0 Å². The molecule has 1 aliphatic rings. The number of carbonyl (C=O) groups is 1. The van der Waals surface area contributed by atoms with Crippen molar-refractivity contribution in [3.05, 3.63) is 89.0 Å². The number of aromatic amines is 1. The number of nitrogens with one attached hydrogen (secondary N) is 3. The number of aromatic nitrogens is 2. The Kier molecular flexibility index (Phi) is 6.17. The molecule has 5 N–H and O–H groups in total. The molecule has 2 unspecified atom stereocenters. The minimum Gasteiger partial charge on any atom is -0.323 e. The van der Waals surface area contributed by atoms with Crippen LogP contribution >= 0.6 is 10.8 Å². The van der Waals surface area contributed by atoms with E-state index in [1.165, 1.54) is 6.07 Å². The van der Waals surface area contributed by atoms with E-state index >= 15 is 0 Å². The number of anilines is 1. The highest BCUT2D eigenvalue weighted by atomic mass is 32.3. The van der Waals surface area contributed by atoms with Crippen LogP contribution in [0.1, 0.15) is 46.8 Å². The van der Waals surface area contributed by atoms with Crippen LogP contribution in [0, 0.1) is 11.3 Å². The largest absolute Gasteiger partial charge is 0.323 e. The van der Waals surface area contributed by atoms with Crippen LogP contribution in [-0.4, -0.2) is 33.4 Å². The van der Waals surface area contributed by atoms with Gasteiger partial charge in [-0.25, -0.2) is 18.1 Å². The van der Waals surface area contributed by atoms with Crippen LogP contribution in [0.25, 0.3) is 11.0 Å². The fraction of sp³-hybridized carbons (Fsp3) is 0.160. The summed E-state index contributed by atoms with van der Waals surface area (Å²) < 4.78 is 52.0. The van der Waals surface area contributed by atoms with Gasteiger partial charge in [0.1, 0.15) is 5.25 Å². The second-order valence-corrected chi connectivity index (χ2v) is 12.3. The fourth-order valence-electron chi connectivity index (χ4n) is 4.52. The molecule has 10 nitrogen and oxygen atoms in total. The normalized spacial score (nSPS) is 18.6. The van der Waals surface area contributed by atoms with Crippen molar-refractivity contribution in [1.29, 1.82) is 5.26 Å². The second-order valence-electron chi connectivity index (χ2n) is 8.74. The third kappa shape index (κ3) is 4.65. The van der Waals surface area contributed by atoms with Crippen molar-refractivity contribution in [3.63, 3.8) is 0 Å². The van der Waals surface area contributed by atoms with Gasteiger partial charge in [0.2, 0.25) is 11.9 Å². The van der Waals surface area contributed by atoms with Gasteiger partial charge in [-0.2, -0.15) is 5.26 Å². The number of rotatable bonds is 6. The molecule has 0 saturated carbocycles. The molecule has 1 fully saturated rings. The summed E-state index contributed by atoms with van der Waals surface area (Å²) in [6.45, 7) is 1.82. The lowest BCUT2D eigenvalue weighted by molar-refractivity contribution is -0.118. The highest BCUT2D eigenvalue weighted by Gasteiger charge is 2.39. The predicted octanol–water partition coefficient (Wildman–Crippen LogP) is 4.61. The lowest BCUT2D eigenvalue weighted by atomic mass is 9.90. The van der Waals surface area contributed by atoms with Gasteiger partial charge >= 0.3 is 0 Å². The molecule has 190 valence electrons.